The van der Waals surface area contributed by atoms with E-state index in [0.717, 1.165) is 13.1 Å². The van der Waals surface area contributed by atoms with Crippen LogP contribution in [0.15, 0.2) is 0 Å². The molecule has 0 atom stereocenters. The van der Waals surface area contributed by atoms with E-state index in [2.05, 4.69) is 10.6 Å². The van der Waals surface area contributed by atoms with Crippen molar-refractivity contribution in [2.24, 2.45) is 0 Å². The highest BCUT2D eigenvalue weighted by Gasteiger charge is 1.70. The van der Waals surface area contributed by atoms with Gasteiger partial charge >= 0.3 is 0 Å². The number of hydrogen-bond acceptors (Lipinski definition) is 2. The summed E-state index contributed by atoms with van der Waals surface area (Å²) in [4.78, 5) is 0. The van der Waals surface area contributed by atoms with Gasteiger partial charge in [-0.3, -0.25) is 0 Å². The first-order valence-electron chi connectivity index (χ1n) is 2.21. The largest absolute Gasteiger partial charge is 0.318 e. The van der Waals surface area contributed by atoms with Gasteiger partial charge in [0.05, 0.1) is 0 Å². The normalized spacial score (nSPS) is 9.00. The maximum atomic E-state index is 3.01. The molecule has 6 heavy (non-hydrogen) atoms. The second-order valence-electron chi connectivity index (χ2n) is 1.21. The van der Waals surface area contributed by atoms with Crippen molar-refractivity contribution in [3.63, 3.8) is 0 Å². The number of nitrogens with one attached hydrogen (secondary N) is 2. The van der Waals surface area contributed by atoms with Crippen LogP contribution >= 0.6 is 0 Å². The van der Waals surface area contributed by atoms with Gasteiger partial charge in [0.2, 0.25) is 0 Å². The Morgan fingerprint density at radius 1 is 1.17 bits per heavy atom. The fraction of sp³-hybridized carbons (Fsp3) is 1.00. The molecule has 2 nitrogen and oxygen atoms in total. The standard InChI is InChI=1S/C4H12N2.H2/c1-5-3-4-6-2;/h5-6H,3-4H2,1-2H3;1H. The van der Waals surface area contributed by atoms with E-state index in [1.165, 1.54) is 0 Å². The molecule has 0 aliphatic heterocycles. The van der Waals surface area contributed by atoms with Crippen molar-refractivity contribution < 1.29 is 1.43 Å². The first-order valence-corrected chi connectivity index (χ1v) is 2.21. The molecular weight excluding hydrogens is 76.1 g/mol. The maximum Gasteiger partial charge on any atom is 0.00736 e. The van der Waals surface area contributed by atoms with Crippen LogP contribution in [-0.4, -0.2) is 27.2 Å². The van der Waals surface area contributed by atoms with Gasteiger partial charge in [0, 0.05) is 14.5 Å². The topological polar surface area (TPSA) is 24.1 Å². The molecule has 0 saturated carbocycles. The summed E-state index contributed by atoms with van der Waals surface area (Å²) in [6.45, 7) is 2.10. The molecule has 0 aliphatic rings. The Labute approximate surface area is 40.4 Å². The van der Waals surface area contributed by atoms with E-state index in [1.54, 1.807) is 0 Å². The van der Waals surface area contributed by atoms with Crippen LogP contribution in [0.25, 0.3) is 0 Å². The zero-order valence-corrected chi connectivity index (χ0v) is 4.41. The molecule has 2 heteroatoms. The summed E-state index contributed by atoms with van der Waals surface area (Å²) in [5, 5.41) is 6.01. The minimum atomic E-state index is 0. The summed E-state index contributed by atoms with van der Waals surface area (Å²) in [6.07, 6.45) is 0. The van der Waals surface area contributed by atoms with Gasteiger partial charge in [0.1, 0.15) is 0 Å². The Hall–Kier alpha value is -0.0800. The molecule has 0 rings (SSSR count). The minimum absolute atomic E-state index is 0. The Balaban J connectivity index is 0. The molecule has 0 radical (unpaired) electrons. The van der Waals surface area contributed by atoms with Gasteiger partial charge in [0.25, 0.3) is 0 Å². The van der Waals surface area contributed by atoms with E-state index in [4.69, 9.17) is 0 Å². The Kier molecular flexibility index (Phi) is 4.85. The first kappa shape index (κ1) is 5.92. The van der Waals surface area contributed by atoms with Crippen molar-refractivity contribution >= 4 is 0 Å². The predicted octanol–water partition coefficient (Wildman–Crippen LogP) is -0.329. The van der Waals surface area contributed by atoms with Crippen molar-refractivity contribution in [1.82, 2.24) is 10.6 Å². The summed E-state index contributed by atoms with van der Waals surface area (Å²) in [5.41, 5.74) is 0. The van der Waals surface area contributed by atoms with Gasteiger partial charge < -0.3 is 10.6 Å². The molecule has 0 bridgehead atoms. The molecule has 0 heterocycles. The zero-order chi connectivity index (χ0) is 4.83. The smallest absolute Gasteiger partial charge is 0.00736 e. The number of hydrogen-bond donors (Lipinski definition) is 2. The summed E-state index contributed by atoms with van der Waals surface area (Å²) < 4.78 is 0. The lowest BCUT2D eigenvalue weighted by molar-refractivity contribution is 0.718. The van der Waals surface area contributed by atoms with Crippen LogP contribution in [0, 0.1) is 0 Å². The van der Waals surface area contributed by atoms with Crippen LogP contribution in [-0.2, 0) is 0 Å². The summed E-state index contributed by atoms with van der Waals surface area (Å²) in [6, 6.07) is 0. The van der Waals surface area contributed by atoms with Crippen LogP contribution < -0.4 is 10.6 Å². The lowest BCUT2D eigenvalue weighted by Crippen LogP contribution is -2.21. The van der Waals surface area contributed by atoms with Gasteiger partial charge in [0.15, 0.2) is 0 Å². The number of likely N-dealkylation sites (N-methyl/N-ethyl adjacent to an activating group) is 2. The third-order valence-corrected chi connectivity index (χ3v) is 0.625. The molecular formula is C4H14N2. The van der Waals surface area contributed by atoms with Crippen molar-refractivity contribution in [1.29, 1.82) is 0 Å². The van der Waals surface area contributed by atoms with Crippen molar-refractivity contribution in [3.8, 4) is 0 Å². The van der Waals surface area contributed by atoms with Crippen LogP contribution in [0.2, 0.25) is 0 Å². The van der Waals surface area contributed by atoms with Crippen LogP contribution in [0.3, 0.4) is 0 Å². The van der Waals surface area contributed by atoms with Crippen molar-refractivity contribution in [2.75, 3.05) is 27.2 Å². The van der Waals surface area contributed by atoms with E-state index in [1.807, 2.05) is 14.1 Å². The summed E-state index contributed by atoms with van der Waals surface area (Å²) in [5.74, 6) is 0. The third-order valence-electron chi connectivity index (χ3n) is 0.625. The van der Waals surface area contributed by atoms with Crippen molar-refractivity contribution in [3.05, 3.63) is 0 Å². The minimum Gasteiger partial charge on any atom is -0.318 e. The second-order valence-corrected chi connectivity index (χ2v) is 1.21. The molecule has 0 unspecified atom stereocenters. The highest BCUT2D eigenvalue weighted by molar-refractivity contribution is 4.38. The average Bonchev–Trinajstić information content (AvgIpc) is 1.61. The van der Waals surface area contributed by atoms with Crippen molar-refractivity contribution in [2.45, 2.75) is 0 Å². The van der Waals surface area contributed by atoms with Gasteiger partial charge in [-0.05, 0) is 14.1 Å². The van der Waals surface area contributed by atoms with Crippen LogP contribution in [0.1, 0.15) is 1.43 Å². The Morgan fingerprint density at radius 2 is 1.50 bits per heavy atom. The fourth-order valence-corrected chi connectivity index (χ4v) is 0.250. The molecule has 0 spiro atoms. The SMILES string of the molecule is CNCCNC.[HH]. The third kappa shape index (κ3) is 3.92. The molecule has 0 aromatic carbocycles. The number of rotatable bonds is 3. The van der Waals surface area contributed by atoms with E-state index in [9.17, 15) is 0 Å². The first-order chi connectivity index (χ1) is 2.91. The fourth-order valence-electron chi connectivity index (χ4n) is 0.250. The van der Waals surface area contributed by atoms with Gasteiger partial charge in [-0.15, -0.1) is 0 Å². The van der Waals surface area contributed by atoms with E-state index < -0.39 is 0 Å². The highest BCUT2D eigenvalue weighted by atomic mass is 14.9. The monoisotopic (exact) mass is 90.1 g/mol. The molecule has 0 aliphatic carbocycles. The Bertz CT molecular complexity index is 21.7. The Morgan fingerprint density at radius 3 is 1.67 bits per heavy atom. The predicted molar refractivity (Wildman–Crippen MR) is 30.0 cm³/mol. The van der Waals surface area contributed by atoms with Gasteiger partial charge in [-0.2, -0.15) is 0 Å². The quantitative estimate of drug-likeness (QED) is 0.464. The van der Waals surface area contributed by atoms with Gasteiger partial charge in [-0.25, -0.2) is 0 Å². The van der Waals surface area contributed by atoms with Crippen LogP contribution in [0.5, 0.6) is 0 Å². The van der Waals surface area contributed by atoms with E-state index in [-0.39, 0.29) is 1.43 Å². The molecule has 0 fully saturated rings. The average molecular weight is 90.2 g/mol. The molecule has 40 valence electrons. The van der Waals surface area contributed by atoms with Gasteiger partial charge in [-0.1, -0.05) is 0 Å². The molecule has 0 amide bonds. The summed E-state index contributed by atoms with van der Waals surface area (Å²) >= 11 is 0. The zero-order valence-electron chi connectivity index (χ0n) is 4.41. The highest BCUT2D eigenvalue weighted by Crippen LogP contribution is 1.45. The molecule has 0 aromatic rings. The summed E-state index contributed by atoms with van der Waals surface area (Å²) in [7, 11) is 3.88. The van der Waals surface area contributed by atoms with Crippen LogP contribution in [0.4, 0.5) is 0 Å². The van der Waals surface area contributed by atoms with E-state index >= 15 is 0 Å². The molecule has 0 saturated heterocycles. The van der Waals surface area contributed by atoms with E-state index in [0.29, 0.717) is 0 Å². The maximum absolute atomic E-state index is 3.01. The lowest BCUT2D eigenvalue weighted by Gasteiger charge is -1.92. The molecule has 0 aromatic heterocycles. The second kappa shape index (κ2) is 4.92. The lowest BCUT2D eigenvalue weighted by atomic mass is 10.6. The molecule has 2 N–H and O–H groups in total.